The third-order valence-electron chi connectivity index (χ3n) is 2.44. The van der Waals surface area contributed by atoms with E-state index in [0.717, 1.165) is 0 Å². The van der Waals surface area contributed by atoms with Crippen LogP contribution in [0.25, 0.3) is 0 Å². The van der Waals surface area contributed by atoms with Gasteiger partial charge in [-0.1, -0.05) is 6.92 Å². The molecular formula is C8H14F2O2. The van der Waals surface area contributed by atoms with E-state index in [1.165, 1.54) is 6.92 Å². The van der Waals surface area contributed by atoms with Gasteiger partial charge in [-0.05, 0) is 0 Å². The molecule has 2 nitrogen and oxygen atoms in total. The van der Waals surface area contributed by atoms with Crippen molar-refractivity contribution in [3.8, 4) is 0 Å². The van der Waals surface area contributed by atoms with Crippen LogP contribution in [0.4, 0.5) is 8.78 Å². The number of hydrogen-bond donors (Lipinski definition) is 1. The van der Waals surface area contributed by atoms with Crippen LogP contribution in [0.15, 0.2) is 0 Å². The summed E-state index contributed by atoms with van der Waals surface area (Å²) in [5, 5.41) is 9.57. The summed E-state index contributed by atoms with van der Waals surface area (Å²) in [4.78, 5) is 0. The van der Waals surface area contributed by atoms with Crippen LogP contribution < -0.4 is 0 Å². The molecule has 0 spiro atoms. The van der Waals surface area contributed by atoms with Crippen LogP contribution in [-0.4, -0.2) is 29.8 Å². The van der Waals surface area contributed by atoms with Crippen molar-refractivity contribution in [2.75, 3.05) is 13.2 Å². The largest absolute Gasteiger partial charge is 0.383 e. The van der Waals surface area contributed by atoms with Gasteiger partial charge in [0.1, 0.15) is 5.60 Å². The predicted octanol–water partition coefficient (Wildman–Crippen LogP) is 1.57. The van der Waals surface area contributed by atoms with Gasteiger partial charge in [0.25, 0.3) is 5.92 Å². The van der Waals surface area contributed by atoms with Crippen LogP contribution in [0.3, 0.4) is 0 Å². The van der Waals surface area contributed by atoms with Gasteiger partial charge >= 0.3 is 0 Å². The van der Waals surface area contributed by atoms with E-state index >= 15 is 0 Å². The minimum absolute atomic E-state index is 0.0356. The standard InChI is InChI=1S/C8H14F2O2/c1-2-8(9,10)7(11)3-5-12-6-4-7/h11H,2-6H2,1H3. The molecule has 0 saturated carbocycles. The fourth-order valence-corrected chi connectivity index (χ4v) is 1.40. The molecule has 0 aromatic carbocycles. The Morgan fingerprint density at radius 2 is 1.92 bits per heavy atom. The molecule has 1 saturated heterocycles. The number of hydrogen-bond acceptors (Lipinski definition) is 2. The normalized spacial score (nSPS) is 24.0. The Labute approximate surface area is 70.5 Å². The first kappa shape index (κ1) is 9.86. The average molecular weight is 180 g/mol. The Balaban J connectivity index is 2.68. The molecule has 0 aromatic rings. The molecule has 1 heterocycles. The third kappa shape index (κ3) is 1.59. The zero-order valence-corrected chi connectivity index (χ0v) is 7.15. The van der Waals surface area contributed by atoms with E-state index < -0.39 is 11.5 Å². The van der Waals surface area contributed by atoms with Crippen molar-refractivity contribution >= 4 is 0 Å². The minimum atomic E-state index is -2.98. The van der Waals surface area contributed by atoms with Gasteiger partial charge in [0.15, 0.2) is 0 Å². The van der Waals surface area contributed by atoms with E-state index in [-0.39, 0.29) is 32.5 Å². The number of alkyl halides is 2. The highest BCUT2D eigenvalue weighted by Crippen LogP contribution is 2.38. The van der Waals surface area contributed by atoms with Crippen LogP contribution in [0.1, 0.15) is 26.2 Å². The van der Waals surface area contributed by atoms with E-state index in [1.54, 1.807) is 0 Å². The van der Waals surface area contributed by atoms with Crippen LogP contribution >= 0.6 is 0 Å². The highest BCUT2D eigenvalue weighted by atomic mass is 19.3. The van der Waals surface area contributed by atoms with Crippen molar-refractivity contribution in [1.29, 1.82) is 0 Å². The van der Waals surface area contributed by atoms with Crippen LogP contribution in [0, 0.1) is 0 Å². The molecule has 0 atom stereocenters. The molecule has 4 heteroatoms. The maximum atomic E-state index is 13.1. The van der Waals surface area contributed by atoms with Crippen molar-refractivity contribution in [3.63, 3.8) is 0 Å². The Bertz CT molecular complexity index is 153. The molecule has 1 fully saturated rings. The van der Waals surface area contributed by atoms with Gasteiger partial charge in [-0.2, -0.15) is 0 Å². The van der Waals surface area contributed by atoms with Crippen LogP contribution in [0.2, 0.25) is 0 Å². The highest BCUT2D eigenvalue weighted by Gasteiger charge is 2.51. The molecule has 72 valence electrons. The summed E-state index contributed by atoms with van der Waals surface area (Å²) < 4.78 is 31.1. The van der Waals surface area contributed by atoms with E-state index in [2.05, 4.69) is 0 Å². The summed E-state index contributed by atoms with van der Waals surface area (Å²) in [6.07, 6.45) is -0.245. The second-order valence-electron chi connectivity index (χ2n) is 3.20. The first-order chi connectivity index (χ1) is 5.52. The monoisotopic (exact) mass is 180 g/mol. The quantitative estimate of drug-likeness (QED) is 0.699. The summed E-state index contributed by atoms with van der Waals surface area (Å²) in [5.41, 5.74) is -1.83. The lowest BCUT2D eigenvalue weighted by atomic mass is 9.86. The highest BCUT2D eigenvalue weighted by molar-refractivity contribution is 4.93. The minimum Gasteiger partial charge on any atom is -0.383 e. The van der Waals surface area contributed by atoms with Crippen molar-refractivity contribution < 1.29 is 18.6 Å². The van der Waals surface area contributed by atoms with Gasteiger partial charge in [-0.15, -0.1) is 0 Å². The summed E-state index contributed by atoms with van der Waals surface area (Å²) in [7, 11) is 0. The average Bonchev–Trinajstić information content (AvgIpc) is 2.06. The van der Waals surface area contributed by atoms with E-state index in [1.807, 2.05) is 0 Å². The molecule has 1 aliphatic heterocycles. The van der Waals surface area contributed by atoms with E-state index in [4.69, 9.17) is 4.74 Å². The molecule has 1 N–H and O–H groups in total. The van der Waals surface area contributed by atoms with E-state index in [9.17, 15) is 13.9 Å². The fraction of sp³-hybridized carbons (Fsp3) is 1.00. The molecule has 0 radical (unpaired) electrons. The van der Waals surface area contributed by atoms with Gasteiger partial charge in [-0.25, -0.2) is 8.78 Å². The lowest BCUT2D eigenvalue weighted by molar-refractivity contribution is -0.214. The number of rotatable bonds is 2. The molecule has 0 amide bonds. The van der Waals surface area contributed by atoms with Crippen LogP contribution in [0.5, 0.6) is 0 Å². The number of aliphatic hydroxyl groups is 1. The number of ether oxygens (including phenoxy) is 1. The second-order valence-corrected chi connectivity index (χ2v) is 3.20. The first-order valence-electron chi connectivity index (χ1n) is 4.20. The summed E-state index contributed by atoms with van der Waals surface area (Å²) in [6, 6.07) is 0. The van der Waals surface area contributed by atoms with Gasteiger partial charge in [-0.3, -0.25) is 0 Å². The van der Waals surface area contributed by atoms with Gasteiger partial charge in [0.2, 0.25) is 0 Å². The SMILES string of the molecule is CCC(F)(F)C1(O)CCOCC1. The molecular weight excluding hydrogens is 166 g/mol. The maximum absolute atomic E-state index is 13.1. The molecule has 0 aliphatic carbocycles. The third-order valence-corrected chi connectivity index (χ3v) is 2.44. The van der Waals surface area contributed by atoms with Crippen molar-refractivity contribution in [3.05, 3.63) is 0 Å². The molecule has 0 unspecified atom stereocenters. The molecule has 0 aromatic heterocycles. The lowest BCUT2D eigenvalue weighted by Crippen LogP contribution is -2.51. The summed E-state index contributed by atoms with van der Waals surface area (Å²) in [5.74, 6) is -2.98. The lowest BCUT2D eigenvalue weighted by Gasteiger charge is -2.38. The van der Waals surface area contributed by atoms with Gasteiger partial charge in [0.05, 0.1) is 0 Å². The maximum Gasteiger partial charge on any atom is 0.276 e. The van der Waals surface area contributed by atoms with Crippen molar-refractivity contribution in [2.24, 2.45) is 0 Å². The molecule has 1 rings (SSSR count). The van der Waals surface area contributed by atoms with Gasteiger partial charge < -0.3 is 9.84 Å². The Kier molecular flexibility index (Phi) is 2.68. The summed E-state index contributed by atoms with van der Waals surface area (Å²) >= 11 is 0. The predicted molar refractivity (Wildman–Crippen MR) is 40.2 cm³/mol. The van der Waals surface area contributed by atoms with Crippen molar-refractivity contribution in [1.82, 2.24) is 0 Å². The Morgan fingerprint density at radius 1 is 1.42 bits per heavy atom. The summed E-state index contributed by atoms with van der Waals surface area (Å²) in [6.45, 7) is 1.84. The Hall–Kier alpha value is -0.220. The first-order valence-corrected chi connectivity index (χ1v) is 4.20. The van der Waals surface area contributed by atoms with Crippen LogP contribution in [-0.2, 0) is 4.74 Å². The zero-order valence-electron chi connectivity index (χ0n) is 7.15. The number of halogens is 2. The molecule has 0 bridgehead atoms. The smallest absolute Gasteiger partial charge is 0.276 e. The second kappa shape index (κ2) is 3.26. The Morgan fingerprint density at radius 3 is 2.33 bits per heavy atom. The fourth-order valence-electron chi connectivity index (χ4n) is 1.40. The molecule has 1 aliphatic rings. The van der Waals surface area contributed by atoms with Gasteiger partial charge in [0, 0.05) is 32.5 Å². The zero-order chi connectivity index (χ0) is 9.24. The molecule has 12 heavy (non-hydrogen) atoms. The van der Waals surface area contributed by atoms with E-state index in [0.29, 0.717) is 0 Å². The topological polar surface area (TPSA) is 29.5 Å². The van der Waals surface area contributed by atoms with Crippen molar-refractivity contribution in [2.45, 2.75) is 37.7 Å².